The molecule has 18 heavy (non-hydrogen) atoms. The van der Waals surface area contributed by atoms with Crippen LogP contribution < -0.4 is 16.0 Å². The van der Waals surface area contributed by atoms with Crippen molar-refractivity contribution in [1.82, 2.24) is 5.43 Å². The quantitative estimate of drug-likeness (QED) is 0.576. The van der Waals surface area contributed by atoms with Crippen LogP contribution in [0, 0.1) is 5.92 Å². The molecule has 0 amide bonds. The molecule has 0 aliphatic heterocycles. The normalized spacial score (nSPS) is 14.6. The number of benzene rings is 1. The maximum Gasteiger partial charge on any atom is 0.124 e. The van der Waals surface area contributed by atoms with Crippen molar-refractivity contribution in [3.05, 3.63) is 29.8 Å². The number of para-hydroxylation sites is 1. The van der Waals surface area contributed by atoms with Crippen LogP contribution in [-0.2, 0) is 0 Å². The average molecular weight is 250 g/mol. The molecule has 0 radical (unpaired) electrons. The van der Waals surface area contributed by atoms with Gasteiger partial charge in [0, 0.05) is 5.56 Å². The predicted molar refractivity (Wildman–Crippen MR) is 76.3 cm³/mol. The molecule has 1 rings (SSSR count). The third-order valence-electron chi connectivity index (χ3n) is 3.11. The number of hydrazine groups is 1. The molecule has 3 nitrogen and oxygen atoms in total. The lowest BCUT2D eigenvalue weighted by Gasteiger charge is -2.26. The number of hydrogen-bond donors (Lipinski definition) is 2. The standard InChI is InChI=1S/C15H26N2O/c1-5-8-12(4)15(17-16)13-9-6-7-10-14(13)18-11(2)3/h6-7,9-12,15,17H,5,8,16H2,1-4H3. The van der Waals surface area contributed by atoms with Gasteiger partial charge in [0.2, 0.25) is 0 Å². The summed E-state index contributed by atoms with van der Waals surface area (Å²) in [6.07, 6.45) is 2.48. The molecule has 0 bridgehead atoms. The summed E-state index contributed by atoms with van der Waals surface area (Å²) < 4.78 is 5.86. The Morgan fingerprint density at radius 3 is 2.44 bits per heavy atom. The molecule has 3 N–H and O–H groups in total. The van der Waals surface area contributed by atoms with Crippen LogP contribution in [-0.4, -0.2) is 6.10 Å². The van der Waals surface area contributed by atoms with Crippen LogP contribution in [0.3, 0.4) is 0 Å². The van der Waals surface area contributed by atoms with Gasteiger partial charge in [-0.2, -0.15) is 0 Å². The van der Waals surface area contributed by atoms with Gasteiger partial charge >= 0.3 is 0 Å². The number of nitrogens with one attached hydrogen (secondary N) is 1. The Hall–Kier alpha value is -1.06. The summed E-state index contributed by atoms with van der Waals surface area (Å²) in [5.74, 6) is 7.14. The van der Waals surface area contributed by atoms with E-state index in [0.717, 1.165) is 24.2 Å². The minimum Gasteiger partial charge on any atom is -0.491 e. The lowest BCUT2D eigenvalue weighted by molar-refractivity contribution is 0.233. The average Bonchev–Trinajstić information content (AvgIpc) is 2.32. The molecule has 0 aliphatic rings. The van der Waals surface area contributed by atoms with Gasteiger partial charge in [0.15, 0.2) is 0 Å². The molecule has 3 heteroatoms. The van der Waals surface area contributed by atoms with E-state index >= 15 is 0 Å². The minimum absolute atomic E-state index is 0.139. The van der Waals surface area contributed by atoms with Gasteiger partial charge in [-0.1, -0.05) is 38.5 Å². The Morgan fingerprint density at radius 2 is 1.89 bits per heavy atom. The van der Waals surface area contributed by atoms with Crippen molar-refractivity contribution in [1.29, 1.82) is 0 Å². The van der Waals surface area contributed by atoms with Crippen molar-refractivity contribution in [3.63, 3.8) is 0 Å². The maximum atomic E-state index is 5.86. The van der Waals surface area contributed by atoms with Crippen LogP contribution in [0.5, 0.6) is 5.75 Å². The van der Waals surface area contributed by atoms with Gasteiger partial charge in [-0.25, -0.2) is 0 Å². The summed E-state index contributed by atoms with van der Waals surface area (Å²) in [4.78, 5) is 0. The van der Waals surface area contributed by atoms with Crippen LogP contribution >= 0.6 is 0 Å². The first kappa shape index (κ1) is 15.0. The SMILES string of the molecule is CCCC(C)C(NN)c1ccccc1OC(C)C. The highest BCUT2D eigenvalue weighted by Gasteiger charge is 2.21. The molecule has 2 atom stereocenters. The third-order valence-corrected chi connectivity index (χ3v) is 3.11. The van der Waals surface area contributed by atoms with E-state index in [9.17, 15) is 0 Å². The molecule has 0 aromatic heterocycles. The fourth-order valence-electron chi connectivity index (χ4n) is 2.28. The van der Waals surface area contributed by atoms with Gasteiger partial charge in [-0.3, -0.25) is 11.3 Å². The zero-order valence-corrected chi connectivity index (χ0v) is 11.9. The fraction of sp³-hybridized carbons (Fsp3) is 0.600. The topological polar surface area (TPSA) is 47.3 Å². The second kappa shape index (κ2) is 7.39. The fourth-order valence-corrected chi connectivity index (χ4v) is 2.28. The van der Waals surface area contributed by atoms with E-state index in [-0.39, 0.29) is 12.1 Å². The largest absolute Gasteiger partial charge is 0.491 e. The van der Waals surface area contributed by atoms with Gasteiger partial charge in [0.25, 0.3) is 0 Å². The first-order valence-electron chi connectivity index (χ1n) is 6.81. The molecular weight excluding hydrogens is 224 g/mol. The van der Waals surface area contributed by atoms with Gasteiger partial charge in [-0.15, -0.1) is 0 Å². The van der Waals surface area contributed by atoms with E-state index < -0.39 is 0 Å². The number of hydrogen-bond acceptors (Lipinski definition) is 3. The lowest BCUT2D eigenvalue weighted by atomic mass is 9.91. The van der Waals surface area contributed by atoms with Crippen LogP contribution in [0.25, 0.3) is 0 Å². The molecule has 102 valence electrons. The van der Waals surface area contributed by atoms with E-state index in [2.05, 4.69) is 25.3 Å². The lowest BCUT2D eigenvalue weighted by Crippen LogP contribution is -2.33. The molecule has 0 spiro atoms. The number of nitrogens with two attached hydrogens (primary N) is 1. The minimum atomic E-state index is 0.139. The van der Waals surface area contributed by atoms with Crippen LogP contribution in [0.2, 0.25) is 0 Å². The Balaban J connectivity index is 2.97. The Kier molecular flexibility index (Phi) is 6.16. The van der Waals surface area contributed by atoms with Crippen LogP contribution in [0.15, 0.2) is 24.3 Å². The second-order valence-corrected chi connectivity index (χ2v) is 5.11. The molecule has 1 aromatic rings. The summed E-state index contributed by atoms with van der Waals surface area (Å²) in [7, 11) is 0. The first-order chi connectivity index (χ1) is 8.60. The van der Waals surface area contributed by atoms with Crippen molar-refractivity contribution in [2.45, 2.75) is 52.7 Å². The predicted octanol–water partition coefficient (Wildman–Crippen LogP) is 3.41. The molecule has 0 saturated carbocycles. The second-order valence-electron chi connectivity index (χ2n) is 5.11. The molecule has 2 unspecified atom stereocenters. The number of ether oxygens (including phenoxy) is 1. The van der Waals surface area contributed by atoms with E-state index in [1.54, 1.807) is 0 Å². The van der Waals surface area contributed by atoms with E-state index in [1.165, 1.54) is 0 Å². The van der Waals surface area contributed by atoms with E-state index in [1.807, 2.05) is 32.0 Å². The van der Waals surface area contributed by atoms with Crippen molar-refractivity contribution < 1.29 is 4.74 Å². The van der Waals surface area contributed by atoms with Crippen LogP contribution in [0.1, 0.15) is 52.1 Å². The Labute approximate surface area is 111 Å². The highest BCUT2D eigenvalue weighted by atomic mass is 16.5. The summed E-state index contributed by atoms with van der Waals surface area (Å²) in [5, 5.41) is 0. The molecule has 0 aliphatic carbocycles. The summed E-state index contributed by atoms with van der Waals surface area (Å²) in [6, 6.07) is 8.28. The number of rotatable bonds is 7. The molecule has 1 aromatic carbocycles. The van der Waals surface area contributed by atoms with Gasteiger partial charge in [0.1, 0.15) is 5.75 Å². The molecular formula is C15H26N2O. The zero-order valence-electron chi connectivity index (χ0n) is 11.9. The highest BCUT2D eigenvalue weighted by molar-refractivity contribution is 5.36. The Morgan fingerprint density at radius 1 is 1.22 bits per heavy atom. The summed E-state index contributed by atoms with van der Waals surface area (Å²) >= 11 is 0. The van der Waals surface area contributed by atoms with Crippen molar-refractivity contribution in [3.8, 4) is 5.75 Å². The van der Waals surface area contributed by atoms with Gasteiger partial charge < -0.3 is 4.74 Å². The summed E-state index contributed by atoms with van der Waals surface area (Å²) in [6.45, 7) is 8.50. The summed E-state index contributed by atoms with van der Waals surface area (Å²) in [5.41, 5.74) is 4.08. The first-order valence-corrected chi connectivity index (χ1v) is 6.81. The van der Waals surface area contributed by atoms with E-state index in [4.69, 9.17) is 10.6 Å². The Bertz CT molecular complexity index is 352. The molecule has 0 heterocycles. The maximum absolute atomic E-state index is 5.86. The van der Waals surface area contributed by atoms with E-state index in [0.29, 0.717) is 5.92 Å². The third kappa shape index (κ3) is 4.00. The van der Waals surface area contributed by atoms with Crippen molar-refractivity contribution in [2.75, 3.05) is 0 Å². The van der Waals surface area contributed by atoms with Crippen LogP contribution in [0.4, 0.5) is 0 Å². The molecule has 0 saturated heterocycles. The van der Waals surface area contributed by atoms with Crippen molar-refractivity contribution in [2.24, 2.45) is 11.8 Å². The zero-order chi connectivity index (χ0) is 13.5. The van der Waals surface area contributed by atoms with Gasteiger partial charge in [0.05, 0.1) is 12.1 Å². The van der Waals surface area contributed by atoms with Crippen molar-refractivity contribution >= 4 is 0 Å². The van der Waals surface area contributed by atoms with Gasteiger partial charge in [-0.05, 0) is 32.3 Å². The molecule has 0 fully saturated rings. The monoisotopic (exact) mass is 250 g/mol. The smallest absolute Gasteiger partial charge is 0.124 e. The highest BCUT2D eigenvalue weighted by Crippen LogP contribution is 2.32.